The summed E-state index contributed by atoms with van der Waals surface area (Å²) in [7, 11) is 0. The SMILES string of the molecule is Nc1ccc(C2CC2)nc1CCOC=O. The summed E-state index contributed by atoms with van der Waals surface area (Å²) in [4.78, 5) is 14.5. The second kappa shape index (κ2) is 4.29. The first-order valence-electron chi connectivity index (χ1n) is 5.12. The Morgan fingerprint density at radius 2 is 2.33 bits per heavy atom. The van der Waals surface area contributed by atoms with Crippen LogP contribution in [0.1, 0.15) is 30.1 Å². The molecule has 0 aliphatic heterocycles. The molecule has 0 aromatic carbocycles. The molecule has 1 aromatic rings. The second-order valence-corrected chi connectivity index (χ2v) is 3.76. The Labute approximate surface area is 88.4 Å². The molecule has 0 spiro atoms. The maximum absolute atomic E-state index is 9.99. The highest BCUT2D eigenvalue weighted by atomic mass is 16.5. The third-order valence-electron chi connectivity index (χ3n) is 2.55. The molecule has 1 aromatic heterocycles. The molecule has 0 radical (unpaired) electrons. The molecule has 2 N–H and O–H groups in total. The fourth-order valence-electron chi connectivity index (χ4n) is 1.54. The molecular formula is C11H14N2O2. The van der Waals surface area contributed by atoms with Gasteiger partial charge in [0.1, 0.15) is 0 Å². The molecule has 1 aliphatic rings. The van der Waals surface area contributed by atoms with Crippen molar-refractivity contribution in [2.75, 3.05) is 12.3 Å². The first kappa shape index (κ1) is 9.96. The van der Waals surface area contributed by atoms with E-state index < -0.39 is 0 Å². The molecule has 1 aliphatic carbocycles. The van der Waals surface area contributed by atoms with Crippen LogP contribution in [0.3, 0.4) is 0 Å². The van der Waals surface area contributed by atoms with Crippen LogP contribution in [0.2, 0.25) is 0 Å². The maximum Gasteiger partial charge on any atom is 0.293 e. The Balaban J connectivity index is 2.06. The third kappa shape index (κ3) is 2.46. The summed E-state index contributed by atoms with van der Waals surface area (Å²) in [6, 6.07) is 3.87. The Hall–Kier alpha value is -1.58. The molecule has 0 amide bonds. The number of hydrogen-bond acceptors (Lipinski definition) is 4. The van der Waals surface area contributed by atoms with Crippen LogP contribution in [-0.2, 0) is 16.0 Å². The normalized spacial score (nSPS) is 14.9. The van der Waals surface area contributed by atoms with E-state index in [1.807, 2.05) is 12.1 Å². The van der Waals surface area contributed by atoms with Crippen molar-refractivity contribution in [3.05, 3.63) is 23.5 Å². The van der Waals surface area contributed by atoms with Gasteiger partial charge in [-0.25, -0.2) is 0 Å². The number of hydrogen-bond donors (Lipinski definition) is 1. The summed E-state index contributed by atoms with van der Waals surface area (Å²) in [5, 5.41) is 0. The van der Waals surface area contributed by atoms with Crippen molar-refractivity contribution in [1.29, 1.82) is 0 Å². The van der Waals surface area contributed by atoms with Gasteiger partial charge in [-0.15, -0.1) is 0 Å². The number of ether oxygens (including phenoxy) is 1. The number of nitrogens with zero attached hydrogens (tertiary/aromatic N) is 1. The van der Waals surface area contributed by atoms with Crippen molar-refractivity contribution < 1.29 is 9.53 Å². The lowest BCUT2D eigenvalue weighted by Crippen LogP contribution is -2.04. The number of rotatable bonds is 5. The van der Waals surface area contributed by atoms with Gasteiger partial charge in [0.05, 0.1) is 18.0 Å². The highest BCUT2D eigenvalue weighted by molar-refractivity contribution is 5.44. The van der Waals surface area contributed by atoms with Gasteiger partial charge in [0.2, 0.25) is 0 Å². The number of nitrogen functional groups attached to an aromatic ring is 1. The third-order valence-corrected chi connectivity index (χ3v) is 2.55. The average molecular weight is 206 g/mol. The Morgan fingerprint density at radius 3 is 3.00 bits per heavy atom. The van der Waals surface area contributed by atoms with E-state index >= 15 is 0 Å². The van der Waals surface area contributed by atoms with E-state index in [-0.39, 0.29) is 0 Å². The van der Waals surface area contributed by atoms with Crippen molar-refractivity contribution in [1.82, 2.24) is 4.98 Å². The van der Waals surface area contributed by atoms with Gasteiger partial charge in [-0.3, -0.25) is 9.78 Å². The van der Waals surface area contributed by atoms with Crippen molar-refractivity contribution >= 4 is 12.2 Å². The lowest BCUT2D eigenvalue weighted by Gasteiger charge is -2.06. The van der Waals surface area contributed by atoms with Crippen LogP contribution in [0.5, 0.6) is 0 Å². The van der Waals surface area contributed by atoms with E-state index in [2.05, 4.69) is 9.72 Å². The number of carbonyl (C=O) groups excluding carboxylic acids is 1. The molecule has 0 atom stereocenters. The van der Waals surface area contributed by atoms with Crippen LogP contribution in [-0.4, -0.2) is 18.1 Å². The summed E-state index contributed by atoms with van der Waals surface area (Å²) >= 11 is 0. The Morgan fingerprint density at radius 1 is 1.53 bits per heavy atom. The van der Waals surface area contributed by atoms with Gasteiger partial charge in [0.25, 0.3) is 6.47 Å². The van der Waals surface area contributed by atoms with Crippen molar-refractivity contribution in [2.45, 2.75) is 25.2 Å². The first-order chi connectivity index (χ1) is 7.31. The molecule has 2 rings (SSSR count). The zero-order chi connectivity index (χ0) is 10.7. The quantitative estimate of drug-likeness (QED) is 0.581. The van der Waals surface area contributed by atoms with Crippen molar-refractivity contribution in [3.63, 3.8) is 0 Å². The van der Waals surface area contributed by atoms with Crippen LogP contribution < -0.4 is 5.73 Å². The number of nitrogens with two attached hydrogens (primary N) is 1. The fourth-order valence-corrected chi connectivity index (χ4v) is 1.54. The van der Waals surface area contributed by atoms with Gasteiger partial charge in [-0.05, 0) is 25.0 Å². The summed E-state index contributed by atoms with van der Waals surface area (Å²) in [5.41, 5.74) is 8.41. The van der Waals surface area contributed by atoms with Crippen LogP contribution >= 0.6 is 0 Å². The molecule has 0 saturated heterocycles. The summed E-state index contributed by atoms with van der Waals surface area (Å²) in [6.45, 7) is 0.787. The topological polar surface area (TPSA) is 65.2 Å². The second-order valence-electron chi connectivity index (χ2n) is 3.76. The maximum atomic E-state index is 9.99. The predicted octanol–water partition coefficient (Wildman–Crippen LogP) is 1.26. The largest absolute Gasteiger partial charge is 0.467 e. The van der Waals surface area contributed by atoms with Crippen molar-refractivity contribution in [3.8, 4) is 0 Å². The van der Waals surface area contributed by atoms with Gasteiger partial charge in [-0.2, -0.15) is 0 Å². The van der Waals surface area contributed by atoms with Crippen LogP contribution in [0, 0.1) is 0 Å². The fraction of sp³-hybridized carbons (Fsp3) is 0.455. The molecule has 0 unspecified atom stereocenters. The highest BCUT2D eigenvalue weighted by Crippen LogP contribution is 2.39. The zero-order valence-electron chi connectivity index (χ0n) is 8.48. The summed E-state index contributed by atoms with van der Waals surface area (Å²) in [6.07, 6.45) is 3.04. The minimum absolute atomic E-state index is 0.342. The van der Waals surface area contributed by atoms with E-state index in [0.29, 0.717) is 31.1 Å². The summed E-state index contributed by atoms with van der Waals surface area (Å²) in [5.74, 6) is 0.622. The van der Waals surface area contributed by atoms with Crippen LogP contribution in [0.25, 0.3) is 0 Å². The van der Waals surface area contributed by atoms with E-state index in [4.69, 9.17) is 5.73 Å². The molecule has 1 heterocycles. The molecule has 80 valence electrons. The number of pyridine rings is 1. The minimum Gasteiger partial charge on any atom is -0.467 e. The molecule has 15 heavy (non-hydrogen) atoms. The van der Waals surface area contributed by atoms with Crippen LogP contribution in [0.15, 0.2) is 12.1 Å². The Bertz CT molecular complexity index is 362. The van der Waals surface area contributed by atoms with Crippen molar-refractivity contribution in [2.24, 2.45) is 0 Å². The predicted molar refractivity (Wildman–Crippen MR) is 56.3 cm³/mol. The van der Waals surface area contributed by atoms with E-state index in [0.717, 1.165) is 11.4 Å². The molecule has 1 fully saturated rings. The van der Waals surface area contributed by atoms with Gasteiger partial charge in [-0.1, -0.05) is 0 Å². The van der Waals surface area contributed by atoms with E-state index in [1.165, 1.54) is 12.8 Å². The van der Waals surface area contributed by atoms with Gasteiger partial charge >= 0.3 is 0 Å². The standard InChI is InChI=1S/C11H14N2O2/c12-9-3-4-10(8-1-2-8)13-11(9)5-6-15-7-14/h3-4,7-8H,1-2,5-6,12H2. The lowest BCUT2D eigenvalue weighted by atomic mass is 10.2. The monoisotopic (exact) mass is 206 g/mol. The average Bonchev–Trinajstić information content (AvgIpc) is 3.05. The first-order valence-corrected chi connectivity index (χ1v) is 5.12. The number of aromatic nitrogens is 1. The highest BCUT2D eigenvalue weighted by Gasteiger charge is 2.25. The molecule has 1 saturated carbocycles. The smallest absolute Gasteiger partial charge is 0.293 e. The van der Waals surface area contributed by atoms with Gasteiger partial charge in [0, 0.05) is 18.0 Å². The molecule has 4 heteroatoms. The van der Waals surface area contributed by atoms with Crippen LogP contribution in [0.4, 0.5) is 5.69 Å². The number of carbonyl (C=O) groups is 1. The summed E-state index contributed by atoms with van der Waals surface area (Å²) < 4.78 is 4.63. The number of anilines is 1. The molecular weight excluding hydrogens is 192 g/mol. The van der Waals surface area contributed by atoms with E-state index in [9.17, 15) is 4.79 Å². The van der Waals surface area contributed by atoms with E-state index in [1.54, 1.807) is 0 Å². The molecule has 4 nitrogen and oxygen atoms in total. The van der Waals surface area contributed by atoms with Gasteiger partial charge < -0.3 is 10.5 Å². The minimum atomic E-state index is 0.342. The van der Waals surface area contributed by atoms with Gasteiger partial charge in [0.15, 0.2) is 0 Å². The Kier molecular flexibility index (Phi) is 2.85. The zero-order valence-corrected chi connectivity index (χ0v) is 8.48. The lowest BCUT2D eigenvalue weighted by molar-refractivity contribution is -0.128. The molecule has 0 bridgehead atoms.